The van der Waals surface area contributed by atoms with Crippen LogP contribution in [-0.4, -0.2) is 25.9 Å². The molecule has 0 aromatic rings. The molecular formula is C5H13NO2Si. The lowest BCUT2D eigenvalue weighted by Gasteiger charge is -2.15. The van der Waals surface area contributed by atoms with Crippen molar-refractivity contribution in [3.63, 3.8) is 0 Å². The third kappa shape index (κ3) is 7.65. The molecule has 0 unspecified atom stereocenters. The van der Waals surface area contributed by atoms with Crippen LogP contribution >= 0.6 is 0 Å². The van der Waals surface area contributed by atoms with Crippen molar-refractivity contribution in [2.45, 2.75) is 19.6 Å². The molecule has 0 spiro atoms. The van der Waals surface area contributed by atoms with Gasteiger partial charge in [-0.1, -0.05) is 19.6 Å². The molecule has 0 rings (SSSR count). The Balaban J connectivity index is 3.39. The average Bonchev–Trinajstić information content (AvgIpc) is 1.59. The summed E-state index contributed by atoms with van der Waals surface area (Å²) in [5.74, 6) is -0.780. The molecule has 0 saturated carbocycles. The quantitative estimate of drug-likeness (QED) is 0.571. The molecule has 0 aliphatic heterocycles. The van der Waals surface area contributed by atoms with Crippen LogP contribution in [0.2, 0.25) is 19.6 Å². The molecular weight excluding hydrogens is 134 g/mol. The summed E-state index contributed by atoms with van der Waals surface area (Å²) in [6.45, 7) is 6.29. The smallest absolute Gasteiger partial charge is 0.316 e. The third-order valence-corrected chi connectivity index (χ3v) is 2.01. The topological polar surface area (TPSA) is 49.3 Å². The molecule has 0 aliphatic carbocycles. The van der Waals surface area contributed by atoms with Crippen molar-refractivity contribution in [2.75, 3.05) is 6.54 Å². The van der Waals surface area contributed by atoms with Crippen molar-refractivity contribution in [3.05, 3.63) is 0 Å². The maximum absolute atomic E-state index is 10.0. The van der Waals surface area contributed by atoms with Crippen LogP contribution in [0.25, 0.3) is 0 Å². The van der Waals surface area contributed by atoms with E-state index in [1.165, 1.54) is 0 Å². The van der Waals surface area contributed by atoms with Crippen LogP contribution in [0.15, 0.2) is 0 Å². The number of hydrogen-bond acceptors (Lipinski definition) is 2. The Hall–Kier alpha value is -0.353. The summed E-state index contributed by atoms with van der Waals surface area (Å²) < 4.78 is 0. The van der Waals surface area contributed by atoms with Gasteiger partial charge in [-0.2, -0.15) is 0 Å². The number of hydrogen-bond donors (Lipinski definition) is 2. The van der Waals surface area contributed by atoms with E-state index < -0.39 is 14.2 Å². The summed E-state index contributed by atoms with van der Waals surface area (Å²) >= 11 is 0. The monoisotopic (exact) mass is 147 g/mol. The Morgan fingerprint density at radius 1 is 1.56 bits per heavy atom. The third-order valence-electron chi connectivity index (χ3n) is 0.770. The fraction of sp³-hybridized carbons (Fsp3) is 0.800. The SMILES string of the molecule is C[Si](C)(C)NCC(=O)O. The molecule has 0 fully saturated rings. The van der Waals surface area contributed by atoms with Gasteiger partial charge in [-0.3, -0.25) is 4.79 Å². The predicted molar refractivity (Wildman–Crippen MR) is 39.0 cm³/mol. The highest BCUT2D eigenvalue weighted by atomic mass is 28.3. The summed E-state index contributed by atoms with van der Waals surface area (Å²) in [7, 11) is -1.35. The highest BCUT2D eigenvalue weighted by Crippen LogP contribution is 1.91. The van der Waals surface area contributed by atoms with Gasteiger partial charge >= 0.3 is 5.97 Å². The van der Waals surface area contributed by atoms with Crippen LogP contribution < -0.4 is 4.98 Å². The van der Waals surface area contributed by atoms with Crippen LogP contribution in [0.5, 0.6) is 0 Å². The van der Waals surface area contributed by atoms with Crippen molar-refractivity contribution in [1.29, 1.82) is 0 Å². The molecule has 4 heteroatoms. The van der Waals surface area contributed by atoms with Crippen molar-refractivity contribution >= 4 is 14.2 Å². The fourth-order valence-corrected chi connectivity index (χ4v) is 1.02. The van der Waals surface area contributed by atoms with Gasteiger partial charge in [0.2, 0.25) is 0 Å². The summed E-state index contributed by atoms with van der Waals surface area (Å²) in [5, 5.41) is 8.24. The van der Waals surface area contributed by atoms with E-state index in [1.807, 2.05) is 0 Å². The zero-order valence-corrected chi connectivity index (χ0v) is 7.06. The Bertz CT molecular complexity index is 108. The summed E-state index contributed by atoms with van der Waals surface area (Å²) in [5.41, 5.74) is 0. The van der Waals surface area contributed by atoms with E-state index in [1.54, 1.807) is 0 Å². The average molecular weight is 147 g/mol. The zero-order valence-electron chi connectivity index (χ0n) is 6.06. The molecule has 0 heterocycles. The lowest BCUT2D eigenvalue weighted by Crippen LogP contribution is -2.43. The highest BCUT2D eigenvalue weighted by molar-refractivity contribution is 6.73. The Labute approximate surface area is 56.2 Å². The molecule has 0 radical (unpaired) electrons. The van der Waals surface area contributed by atoms with Crippen LogP contribution in [-0.2, 0) is 4.79 Å². The Kier molecular flexibility index (Phi) is 2.86. The van der Waals surface area contributed by atoms with Crippen molar-refractivity contribution in [2.24, 2.45) is 0 Å². The number of aliphatic carboxylic acids is 1. The molecule has 0 saturated heterocycles. The van der Waals surface area contributed by atoms with Gasteiger partial charge in [0.15, 0.2) is 0 Å². The van der Waals surface area contributed by atoms with Crippen molar-refractivity contribution in [3.8, 4) is 0 Å². The first kappa shape index (κ1) is 8.65. The van der Waals surface area contributed by atoms with Gasteiger partial charge in [0, 0.05) is 0 Å². The Morgan fingerprint density at radius 3 is 2.11 bits per heavy atom. The predicted octanol–water partition coefficient (Wildman–Crippen LogP) is 0.496. The molecule has 0 amide bonds. The minimum atomic E-state index is -1.35. The van der Waals surface area contributed by atoms with Crippen LogP contribution in [0, 0.1) is 0 Å². The van der Waals surface area contributed by atoms with Gasteiger partial charge in [0.1, 0.15) is 8.24 Å². The van der Waals surface area contributed by atoms with Gasteiger partial charge in [0.05, 0.1) is 6.54 Å². The number of carboxylic acid groups (broad SMARTS) is 1. The minimum absolute atomic E-state index is 0.0930. The summed E-state index contributed by atoms with van der Waals surface area (Å²) in [6.07, 6.45) is 0. The minimum Gasteiger partial charge on any atom is -0.480 e. The summed E-state index contributed by atoms with van der Waals surface area (Å²) in [6, 6.07) is 0. The van der Waals surface area contributed by atoms with E-state index in [2.05, 4.69) is 24.6 Å². The normalized spacial score (nSPS) is 11.4. The molecule has 0 aromatic heterocycles. The first-order valence-corrected chi connectivity index (χ1v) is 6.38. The van der Waals surface area contributed by atoms with Crippen molar-refractivity contribution < 1.29 is 9.90 Å². The molecule has 0 aliphatic rings. The van der Waals surface area contributed by atoms with E-state index >= 15 is 0 Å². The molecule has 2 N–H and O–H groups in total. The molecule has 0 aromatic carbocycles. The lowest BCUT2D eigenvalue weighted by atomic mass is 10.7. The Morgan fingerprint density at radius 2 is 2.00 bits per heavy atom. The van der Waals surface area contributed by atoms with Crippen molar-refractivity contribution in [1.82, 2.24) is 4.98 Å². The summed E-state index contributed by atoms with van der Waals surface area (Å²) in [4.78, 5) is 13.0. The second-order valence-electron chi connectivity index (χ2n) is 3.00. The lowest BCUT2D eigenvalue weighted by molar-refractivity contribution is -0.135. The maximum Gasteiger partial charge on any atom is 0.316 e. The van der Waals surface area contributed by atoms with Gasteiger partial charge < -0.3 is 10.1 Å². The second-order valence-corrected chi connectivity index (χ2v) is 7.85. The van der Waals surface area contributed by atoms with E-state index in [-0.39, 0.29) is 6.54 Å². The van der Waals surface area contributed by atoms with Crippen LogP contribution in [0.3, 0.4) is 0 Å². The van der Waals surface area contributed by atoms with Gasteiger partial charge in [0.25, 0.3) is 0 Å². The van der Waals surface area contributed by atoms with Gasteiger partial charge in [-0.05, 0) is 0 Å². The number of carbonyl (C=O) groups is 1. The largest absolute Gasteiger partial charge is 0.480 e. The number of rotatable bonds is 3. The zero-order chi connectivity index (χ0) is 7.49. The highest BCUT2D eigenvalue weighted by Gasteiger charge is 2.12. The van der Waals surface area contributed by atoms with E-state index in [9.17, 15) is 4.79 Å². The van der Waals surface area contributed by atoms with E-state index in [0.29, 0.717) is 0 Å². The number of nitrogens with one attached hydrogen (secondary N) is 1. The molecule has 0 bridgehead atoms. The van der Waals surface area contributed by atoms with Gasteiger partial charge in [-0.15, -0.1) is 0 Å². The standard InChI is InChI=1S/C5H13NO2Si/c1-9(2,3)6-4-5(7)8/h6H,4H2,1-3H3,(H,7,8). The molecule has 3 nitrogen and oxygen atoms in total. The van der Waals surface area contributed by atoms with E-state index in [4.69, 9.17) is 5.11 Å². The van der Waals surface area contributed by atoms with Crippen LogP contribution in [0.1, 0.15) is 0 Å². The molecule has 0 atom stereocenters. The van der Waals surface area contributed by atoms with Gasteiger partial charge in [-0.25, -0.2) is 0 Å². The van der Waals surface area contributed by atoms with Crippen LogP contribution in [0.4, 0.5) is 0 Å². The fourth-order valence-electron chi connectivity index (χ4n) is 0.341. The molecule has 54 valence electrons. The first-order valence-electron chi connectivity index (χ1n) is 2.88. The second kappa shape index (κ2) is 2.98. The van der Waals surface area contributed by atoms with E-state index in [0.717, 1.165) is 0 Å². The maximum atomic E-state index is 10.0. The molecule has 9 heavy (non-hydrogen) atoms. The number of carboxylic acids is 1. The first-order chi connectivity index (χ1) is 3.92.